The Bertz CT molecular complexity index is 391. The zero-order chi connectivity index (χ0) is 19.2. The van der Waals surface area contributed by atoms with Crippen molar-refractivity contribution in [3.8, 4) is 0 Å². The minimum Gasteiger partial charge on any atom is -0.466 e. The molecule has 0 bridgehead atoms. The number of carbonyl (C=O) groups is 2. The molecule has 26 heavy (non-hydrogen) atoms. The molecule has 152 valence electrons. The van der Waals surface area contributed by atoms with Crippen molar-refractivity contribution in [1.29, 1.82) is 0 Å². The van der Waals surface area contributed by atoms with Crippen molar-refractivity contribution in [2.45, 2.75) is 78.6 Å². The summed E-state index contributed by atoms with van der Waals surface area (Å²) in [5.41, 5.74) is 0. The molecule has 0 heterocycles. The molecule has 0 aromatic rings. The molecule has 5 heteroatoms. The van der Waals surface area contributed by atoms with Gasteiger partial charge in [0.15, 0.2) is 0 Å². The summed E-state index contributed by atoms with van der Waals surface area (Å²) in [5, 5.41) is 0. The number of unbranched alkanes of at least 4 members (excludes halogenated alkanes) is 1. The standard InChI is InChI=1S/C21H39NO4/c1-4-7-9-18-10-12-19(13-11-18)21(24)22(15-8-17-25-5-2)16-14-20(23)26-6-3/h18-19H,4-17H2,1-3H3. The molecule has 1 amide bonds. The first-order valence-corrected chi connectivity index (χ1v) is 10.6. The molecule has 0 N–H and O–H groups in total. The van der Waals surface area contributed by atoms with Gasteiger partial charge in [-0.3, -0.25) is 9.59 Å². The summed E-state index contributed by atoms with van der Waals surface area (Å²) >= 11 is 0. The maximum Gasteiger partial charge on any atom is 0.307 e. The van der Waals surface area contributed by atoms with Crippen LogP contribution < -0.4 is 0 Å². The van der Waals surface area contributed by atoms with Gasteiger partial charge in [-0.1, -0.05) is 26.2 Å². The lowest BCUT2D eigenvalue weighted by Crippen LogP contribution is -2.40. The molecule has 0 saturated heterocycles. The Morgan fingerprint density at radius 1 is 0.962 bits per heavy atom. The fourth-order valence-corrected chi connectivity index (χ4v) is 3.74. The normalized spacial score (nSPS) is 20.0. The van der Waals surface area contributed by atoms with Gasteiger partial charge in [0.2, 0.25) is 5.91 Å². The van der Waals surface area contributed by atoms with Gasteiger partial charge in [0.1, 0.15) is 0 Å². The second-order valence-corrected chi connectivity index (χ2v) is 7.29. The molecule has 5 nitrogen and oxygen atoms in total. The Kier molecular flexibility index (Phi) is 12.4. The molecule has 0 spiro atoms. The average molecular weight is 370 g/mol. The van der Waals surface area contributed by atoms with Gasteiger partial charge in [-0.2, -0.15) is 0 Å². The second-order valence-electron chi connectivity index (χ2n) is 7.29. The van der Waals surface area contributed by atoms with Crippen LogP contribution in [-0.2, 0) is 19.1 Å². The van der Waals surface area contributed by atoms with Crippen LogP contribution in [0.4, 0.5) is 0 Å². The summed E-state index contributed by atoms with van der Waals surface area (Å²) in [6.07, 6.45) is 9.27. The van der Waals surface area contributed by atoms with Crippen LogP contribution in [0.25, 0.3) is 0 Å². The van der Waals surface area contributed by atoms with Crippen molar-refractivity contribution in [2.24, 2.45) is 11.8 Å². The van der Waals surface area contributed by atoms with Gasteiger partial charge in [-0.15, -0.1) is 0 Å². The third-order valence-corrected chi connectivity index (χ3v) is 5.29. The van der Waals surface area contributed by atoms with Crippen molar-refractivity contribution >= 4 is 11.9 Å². The van der Waals surface area contributed by atoms with Crippen molar-refractivity contribution in [2.75, 3.05) is 32.9 Å². The maximum absolute atomic E-state index is 13.0. The average Bonchev–Trinajstić information content (AvgIpc) is 2.66. The topological polar surface area (TPSA) is 55.8 Å². The van der Waals surface area contributed by atoms with Crippen LogP contribution in [0.15, 0.2) is 0 Å². The zero-order valence-electron chi connectivity index (χ0n) is 17.1. The van der Waals surface area contributed by atoms with Crippen molar-refractivity contribution in [3.63, 3.8) is 0 Å². The number of esters is 1. The van der Waals surface area contributed by atoms with E-state index in [1.165, 1.54) is 32.1 Å². The van der Waals surface area contributed by atoms with E-state index in [0.29, 0.717) is 32.9 Å². The maximum atomic E-state index is 13.0. The van der Waals surface area contributed by atoms with E-state index in [1.54, 1.807) is 6.92 Å². The smallest absolute Gasteiger partial charge is 0.307 e. The Hall–Kier alpha value is -1.10. The summed E-state index contributed by atoms with van der Waals surface area (Å²) in [6, 6.07) is 0. The molecular formula is C21H39NO4. The summed E-state index contributed by atoms with van der Waals surface area (Å²) in [4.78, 5) is 26.5. The van der Waals surface area contributed by atoms with E-state index in [-0.39, 0.29) is 24.2 Å². The molecule has 0 unspecified atom stereocenters. The lowest BCUT2D eigenvalue weighted by Gasteiger charge is -2.32. The van der Waals surface area contributed by atoms with Crippen LogP contribution in [0.5, 0.6) is 0 Å². The van der Waals surface area contributed by atoms with Crippen LogP contribution in [0, 0.1) is 11.8 Å². The zero-order valence-corrected chi connectivity index (χ0v) is 17.1. The molecular weight excluding hydrogens is 330 g/mol. The number of hydrogen-bond donors (Lipinski definition) is 0. The number of carbonyl (C=O) groups excluding carboxylic acids is 2. The van der Waals surface area contributed by atoms with E-state index in [4.69, 9.17) is 9.47 Å². The van der Waals surface area contributed by atoms with Gasteiger partial charge in [0.05, 0.1) is 13.0 Å². The lowest BCUT2D eigenvalue weighted by atomic mass is 9.79. The first kappa shape index (κ1) is 22.9. The third kappa shape index (κ3) is 9.02. The monoisotopic (exact) mass is 369 g/mol. The fourth-order valence-electron chi connectivity index (χ4n) is 3.74. The van der Waals surface area contributed by atoms with Crippen molar-refractivity contribution in [1.82, 2.24) is 4.90 Å². The number of hydrogen-bond acceptors (Lipinski definition) is 4. The summed E-state index contributed by atoms with van der Waals surface area (Å²) < 4.78 is 10.4. The Morgan fingerprint density at radius 3 is 2.31 bits per heavy atom. The van der Waals surface area contributed by atoms with Gasteiger partial charge >= 0.3 is 5.97 Å². The van der Waals surface area contributed by atoms with E-state index >= 15 is 0 Å². The minimum atomic E-state index is -0.224. The Balaban J connectivity index is 2.49. The van der Waals surface area contributed by atoms with E-state index in [1.807, 2.05) is 11.8 Å². The summed E-state index contributed by atoms with van der Waals surface area (Å²) in [7, 11) is 0. The molecule has 1 rings (SSSR count). The molecule has 1 saturated carbocycles. The van der Waals surface area contributed by atoms with Crippen molar-refractivity contribution in [3.05, 3.63) is 0 Å². The largest absolute Gasteiger partial charge is 0.466 e. The predicted molar refractivity (Wildman–Crippen MR) is 104 cm³/mol. The quantitative estimate of drug-likeness (QED) is 0.361. The molecule has 1 fully saturated rings. The number of ether oxygens (including phenoxy) is 2. The van der Waals surface area contributed by atoms with E-state index in [9.17, 15) is 9.59 Å². The molecule has 0 aromatic carbocycles. The molecule has 0 radical (unpaired) electrons. The van der Waals surface area contributed by atoms with Crippen LogP contribution in [0.1, 0.15) is 78.6 Å². The van der Waals surface area contributed by atoms with Gasteiger partial charge < -0.3 is 14.4 Å². The molecule has 0 atom stereocenters. The van der Waals surface area contributed by atoms with Crippen LogP contribution >= 0.6 is 0 Å². The van der Waals surface area contributed by atoms with Gasteiger partial charge in [0.25, 0.3) is 0 Å². The Labute approximate surface area is 159 Å². The van der Waals surface area contributed by atoms with Crippen molar-refractivity contribution < 1.29 is 19.1 Å². The number of amides is 1. The highest BCUT2D eigenvalue weighted by Crippen LogP contribution is 2.33. The highest BCUT2D eigenvalue weighted by Gasteiger charge is 2.29. The third-order valence-electron chi connectivity index (χ3n) is 5.29. The molecule has 0 aliphatic heterocycles. The summed E-state index contributed by atoms with van der Waals surface area (Å²) in [5.74, 6) is 0.922. The predicted octanol–water partition coefficient (Wildman–Crippen LogP) is 4.19. The number of rotatable bonds is 13. The molecule has 1 aliphatic carbocycles. The first-order valence-electron chi connectivity index (χ1n) is 10.6. The lowest BCUT2D eigenvalue weighted by molar-refractivity contribution is -0.144. The van der Waals surface area contributed by atoms with Gasteiger partial charge in [-0.05, 0) is 51.9 Å². The minimum absolute atomic E-state index is 0.127. The van der Waals surface area contributed by atoms with Crippen LogP contribution in [0.3, 0.4) is 0 Å². The fraction of sp³-hybridized carbons (Fsp3) is 0.905. The number of nitrogens with zero attached hydrogens (tertiary/aromatic N) is 1. The summed E-state index contributed by atoms with van der Waals surface area (Å²) in [6.45, 7) is 8.87. The van der Waals surface area contributed by atoms with Gasteiger partial charge in [-0.25, -0.2) is 0 Å². The van der Waals surface area contributed by atoms with E-state index in [0.717, 1.165) is 25.2 Å². The highest BCUT2D eigenvalue weighted by atomic mass is 16.5. The van der Waals surface area contributed by atoms with Crippen LogP contribution in [0.2, 0.25) is 0 Å². The Morgan fingerprint density at radius 2 is 1.69 bits per heavy atom. The second kappa shape index (κ2) is 14.0. The van der Waals surface area contributed by atoms with E-state index in [2.05, 4.69) is 6.92 Å². The molecule has 0 aromatic heterocycles. The van der Waals surface area contributed by atoms with E-state index < -0.39 is 0 Å². The first-order chi connectivity index (χ1) is 12.6. The van der Waals surface area contributed by atoms with Crippen LogP contribution in [-0.4, -0.2) is 49.7 Å². The molecule has 1 aliphatic rings. The SMILES string of the molecule is CCCCC1CCC(C(=O)N(CCCOCC)CCC(=O)OCC)CC1. The van der Waals surface area contributed by atoms with Gasteiger partial charge in [0, 0.05) is 32.2 Å². The highest BCUT2D eigenvalue weighted by molar-refractivity contribution is 5.79.